The lowest BCUT2D eigenvalue weighted by atomic mass is 9.77. The third-order valence-corrected chi connectivity index (χ3v) is 13.2. The summed E-state index contributed by atoms with van der Waals surface area (Å²) in [5.41, 5.74) is 14.7. The van der Waals surface area contributed by atoms with Gasteiger partial charge in [-0.25, -0.2) is 0 Å². The fraction of sp³-hybridized carbons (Fsp3) is 0.364. The van der Waals surface area contributed by atoms with Gasteiger partial charge >= 0.3 is 0 Å². The maximum absolute atomic E-state index is 6.50. The minimum Gasteiger partial charge on any atom is -0.456 e. The van der Waals surface area contributed by atoms with Gasteiger partial charge in [0, 0.05) is 31.6 Å². The van der Waals surface area contributed by atoms with Gasteiger partial charge in [0.05, 0.1) is 11.7 Å². The highest BCUT2D eigenvalue weighted by Gasteiger charge is 2.33. The molecule has 0 spiro atoms. The van der Waals surface area contributed by atoms with Gasteiger partial charge in [-0.05, 0) is 135 Å². The van der Waals surface area contributed by atoms with Gasteiger partial charge in [-0.3, -0.25) is 0 Å². The van der Waals surface area contributed by atoms with E-state index in [0.29, 0.717) is 0 Å². The summed E-state index contributed by atoms with van der Waals surface area (Å²) in [7, 11) is 0. The van der Waals surface area contributed by atoms with Gasteiger partial charge < -0.3 is 9.32 Å². The van der Waals surface area contributed by atoms with Gasteiger partial charge in [0.25, 0.3) is 0 Å². The number of nitrogens with zero attached hydrogens (tertiary/aromatic N) is 1. The Balaban J connectivity index is 1.11. The number of allylic oxidation sites excluding steroid dienone is 8. The molecule has 1 saturated carbocycles. The van der Waals surface area contributed by atoms with Crippen molar-refractivity contribution in [1.82, 2.24) is 0 Å². The second kappa shape index (κ2) is 11.4. The van der Waals surface area contributed by atoms with Crippen molar-refractivity contribution in [3.05, 3.63) is 117 Å². The molecule has 236 valence electrons. The van der Waals surface area contributed by atoms with Crippen LogP contribution in [0.1, 0.15) is 104 Å². The lowest BCUT2D eigenvalue weighted by Crippen LogP contribution is -2.36. The molecule has 2 nitrogen and oxygen atoms in total. The number of hydrogen-bond donors (Lipinski definition) is 0. The number of benzene rings is 2. The van der Waals surface area contributed by atoms with E-state index in [1.54, 1.807) is 32.7 Å². The molecule has 0 bridgehead atoms. The van der Waals surface area contributed by atoms with Crippen molar-refractivity contribution < 1.29 is 4.42 Å². The van der Waals surface area contributed by atoms with Crippen LogP contribution >= 0.6 is 11.3 Å². The lowest BCUT2D eigenvalue weighted by molar-refractivity contribution is 0.393. The molecule has 1 atom stereocenters. The first-order valence-corrected chi connectivity index (χ1v) is 19.2. The van der Waals surface area contributed by atoms with E-state index >= 15 is 0 Å². The van der Waals surface area contributed by atoms with Crippen LogP contribution in [0, 0.1) is 5.92 Å². The molecular weight excluding hydrogens is 591 g/mol. The first-order valence-electron chi connectivity index (χ1n) is 18.3. The predicted molar refractivity (Wildman–Crippen MR) is 200 cm³/mol. The summed E-state index contributed by atoms with van der Waals surface area (Å²) in [5, 5.41) is 2.85. The Morgan fingerprint density at radius 2 is 1.70 bits per heavy atom. The van der Waals surface area contributed by atoms with Crippen LogP contribution in [-0.2, 0) is 19.3 Å². The van der Waals surface area contributed by atoms with Gasteiger partial charge in [-0.1, -0.05) is 73.4 Å². The SMILES string of the molecule is C1=Cc2c(sc3ccc4c(c23)C2=C(C=CC(N(C3=CC=C(C5CCCCC5)CC3)c3cccc5oc6c(c35)CCC=C6)C2)CC4)CC1. The minimum absolute atomic E-state index is 0.256. The lowest BCUT2D eigenvalue weighted by Gasteiger charge is -2.40. The van der Waals surface area contributed by atoms with E-state index in [4.69, 9.17) is 4.42 Å². The molecule has 0 radical (unpaired) electrons. The van der Waals surface area contributed by atoms with Crippen molar-refractivity contribution in [2.75, 3.05) is 4.90 Å². The molecule has 2 aromatic heterocycles. The summed E-state index contributed by atoms with van der Waals surface area (Å²) >= 11 is 2.03. The maximum atomic E-state index is 6.50. The molecular formula is C44H43NOS. The van der Waals surface area contributed by atoms with Gasteiger partial charge in [0.15, 0.2) is 0 Å². The second-order valence-electron chi connectivity index (χ2n) is 14.6. The summed E-state index contributed by atoms with van der Waals surface area (Å²) < 4.78 is 7.97. The van der Waals surface area contributed by atoms with Crippen LogP contribution in [0.4, 0.5) is 5.69 Å². The number of anilines is 1. The van der Waals surface area contributed by atoms with Crippen molar-refractivity contribution in [3.63, 3.8) is 0 Å². The van der Waals surface area contributed by atoms with E-state index in [-0.39, 0.29) is 6.04 Å². The Labute approximate surface area is 282 Å². The highest BCUT2D eigenvalue weighted by molar-refractivity contribution is 7.19. The van der Waals surface area contributed by atoms with Gasteiger partial charge in [0.2, 0.25) is 0 Å². The standard InChI is InChI=1S/C44H43NOS/c1-2-9-28(10-3-1)29-19-23-32(24-20-29)45(37-13-8-15-39-43(37)34-11-4-6-14-38(34)46-39)33-25-21-30-17-18-31-22-26-41-44(42(31)36(30)27-33)35-12-5-7-16-40(35)47-41/h5-6,8,12-15,19,21-23,25-26,28,33H,1-4,7,9-11,16-18,20,24,27H2. The Morgan fingerprint density at radius 1 is 0.787 bits per heavy atom. The largest absolute Gasteiger partial charge is 0.456 e. The smallest absolute Gasteiger partial charge is 0.137 e. The van der Waals surface area contributed by atoms with Crippen LogP contribution in [0.3, 0.4) is 0 Å². The predicted octanol–water partition coefficient (Wildman–Crippen LogP) is 12.3. The molecule has 2 heterocycles. The summed E-state index contributed by atoms with van der Waals surface area (Å²) in [6.07, 6.45) is 36.4. The van der Waals surface area contributed by atoms with Crippen molar-refractivity contribution in [2.45, 2.75) is 95.9 Å². The van der Waals surface area contributed by atoms with Gasteiger partial charge in [-0.15, -0.1) is 11.3 Å². The Kier molecular flexibility index (Phi) is 6.85. The molecule has 4 aromatic rings. The molecule has 10 rings (SSSR count). The average Bonchev–Trinajstić information content (AvgIpc) is 3.71. The zero-order valence-electron chi connectivity index (χ0n) is 27.3. The topological polar surface area (TPSA) is 16.4 Å². The van der Waals surface area contributed by atoms with Gasteiger partial charge in [0.1, 0.15) is 11.3 Å². The third kappa shape index (κ3) is 4.64. The number of aryl methyl sites for hydroxylation is 3. The molecule has 1 fully saturated rings. The summed E-state index contributed by atoms with van der Waals surface area (Å²) in [4.78, 5) is 4.31. The minimum atomic E-state index is 0.256. The molecule has 3 heteroatoms. The van der Waals surface area contributed by atoms with Crippen LogP contribution in [-0.4, -0.2) is 6.04 Å². The molecule has 0 saturated heterocycles. The highest BCUT2D eigenvalue weighted by atomic mass is 32.1. The quantitative estimate of drug-likeness (QED) is 0.222. The first kappa shape index (κ1) is 28.2. The van der Waals surface area contributed by atoms with Crippen LogP contribution < -0.4 is 4.90 Å². The van der Waals surface area contributed by atoms with Crippen molar-refractivity contribution in [3.8, 4) is 0 Å². The molecule has 6 aliphatic carbocycles. The van der Waals surface area contributed by atoms with Crippen molar-refractivity contribution >= 4 is 55.8 Å². The zero-order chi connectivity index (χ0) is 30.9. The fourth-order valence-electron chi connectivity index (χ4n) is 9.73. The molecule has 0 aliphatic heterocycles. The van der Waals surface area contributed by atoms with Crippen LogP contribution in [0.25, 0.3) is 38.8 Å². The highest BCUT2D eigenvalue weighted by Crippen LogP contribution is 2.49. The molecule has 0 amide bonds. The maximum Gasteiger partial charge on any atom is 0.137 e. The van der Waals surface area contributed by atoms with Crippen LogP contribution in [0.2, 0.25) is 0 Å². The van der Waals surface area contributed by atoms with E-state index in [1.807, 2.05) is 11.3 Å². The first-order chi connectivity index (χ1) is 23.3. The summed E-state index contributed by atoms with van der Waals surface area (Å²) in [6.45, 7) is 0. The number of thiophene rings is 1. The Morgan fingerprint density at radius 3 is 2.62 bits per heavy atom. The zero-order valence-corrected chi connectivity index (χ0v) is 28.1. The number of fused-ring (bicyclic) bond motifs is 9. The number of furan rings is 1. The van der Waals surface area contributed by atoms with Crippen LogP contribution in [0.5, 0.6) is 0 Å². The number of rotatable bonds is 4. The molecule has 1 unspecified atom stereocenters. The fourth-order valence-corrected chi connectivity index (χ4v) is 10.9. The van der Waals surface area contributed by atoms with E-state index in [2.05, 4.69) is 83.8 Å². The summed E-state index contributed by atoms with van der Waals surface area (Å²) in [6, 6.07) is 11.9. The van der Waals surface area contributed by atoms with Gasteiger partial charge in [-0.2, -0.15) is 0 Å². The molecule has 47 heavy (non-hydrogen) atoms. The summed E-state index contributed by atoms with van der Waals surface area (Å²) in [5.74, 6) is 1.85. The van der Waals surface area contributed by atoms with Crippen LogP contribution in [0.15, 0.2) is 88.0 Å². The van der Waals surface area contributed by atoms with E-state index in [0.717, 1.165) is 55.8 Å². The average molecular weight is 634 g/mol. The normalized spacial score (nSPS) is 22.2. The molecule has 6 aliphatic rings. The monoisotopic (exact) mass is 633 g/mol. The molecule has 2 aromatic carbocycles. The third-order valence-electron chi connectivity index (χ3n) is 12.0. The van der Waals surface area contributed by atoms with E-state index in [1.165, 1.54) is 89.4 Å². The second-order valence-corrected chi connectivity index (χ2v) is 15.8. The number of hydrogen-bond acceptors (Lipinski definition) is 3. The van der Waals surface area contributed by atoms with Crippen molar-refractivity contribution in [1.29, 1.82) is 0 Å². The Hall–Kier alpha value is -3.82. The Bertz CT molecular complexity index is 2120. The van der Waals surface area contributed by atoms with Crippen molar-refractivity contribution in [2.24, 2.45) is 5.92 Å². The van der Waals surface area contributed by atoms with E-state index < -0.39 is 0 Å². The van der Waals surface area contributed by atoms with E-state index in [9.17, 15) is 0 Å². The molecule has 0 N–H and O–H groups in total.